The van der Waals surface area contributed by atoms with Crippen LogP contribution in [0.2, 0.25) is 0 Å². The van der Waals surface area contributed by atoms with Gasteiger partial charge < -0.3 is 19.5 Å². The molecule has 1 fully saturated rings. The summed E-state index contributed by atoms with van der Waals surface area (Å²) in [6.07, 6.45) is 2.62. The molecule has 0 bridgehead atoms. The summed E-state index contributed by atoms with van der Waals surface area (Å²) in [4.78, 5) is 2.31. The monoisotopic (exact) mass is 253 g/mol. The summed E-state index contributed by atoms with van der Waals surface area (Å²) in [5.74, 6) is 1.55. The van der Waals surface area contributed by atoms with Gasteiger partial charge in [-0.05, 0) is 38.9 Å². The third kappa shape index (κ3) is 4.08. The zero-order chi connectivity index (χ0) is 12.8. The van der Waals surface area contributed by atoms with Crippen molar-refractivity contribution in [2.75, 3.05) is 33.8 Å². The smallest absolute Gasteiger partial charge is 0.162 e. The van der Waals surface area contributed by atoms with Gasteiger partial charge in [0.05, 0.1) is 5.69 Å². The predicted molar refractivity (Wildman–Crippen MR) is 69.1 cm³/mol. The molecule has 1 aliphatic rings. The molecule has 5 heteroatoms. The largest absolute Gasteiger partial charge is 0.377 e. The molecule has 1 unspecified atom stereocenters. The zero-order valence-electron chi connectivity index (χ0n) is 11.3. The van der Waals surface area contributed by atoms with E-state index in [2.05, 4.69) is 22.4 Å². The number of hydrogen-bond acceptors (Lipinski definition) is 5. The number of hydrogen-bond donors (Lipinski definition) is 1. The lowest BCUT2D eigenvalue weighted by molar-refractivity contribution is 0.155. The van der Waals surface area contributed by atoms with Crippen LogP contribution in [0.1, 0.15) is 24.3 Å². The highest BCUT2D eigenvalue weighted by atomic mass is 16.5. The Balaban J connectivity index is 1.76. The van der Waals surface area contributed by atoms with Gasteiger partial charge in [0.25, 0.3) is 0 Å². The Hall–Kier alpha value is -0.910. The molecule has 1 atom stereocenters. The molecule has 5 nitrogen and oxygen atoms in total. The van der Waals surface area contributed by atoms with E-state index < -0.39 is 0 Å². The van der Waals surface area contributed by atoms with E-state index in [0.717, 1.165) is 37.0 Å². The molecule has 0 aromatic carbocycles. The standard InChI is InChI=1S/C13H23N3O2/c1-16(8-11-4-3-5-14-7-11)9-12-6-13(10-17-2)18-15-12/h6,11,14H,3-5,7-10H2,1-2H3. The van der Waals surface area contributed by atoms with Crippen LogP contribution in [0.3, 0.4) is 0 Å². The molecule has 1 aromatic heterocycles. The van der Waals surface area contributed by atoms with Crippen molar-refractivity contribution in [3.8, 4) is 0 Å². The Labute approximate surface area is 108 Å². The number of ether oxygens (including phenoxy) is 1. The molecule has 0 aliphatic carbocycles. The van der Waals surface area contributed by atoms with Gasteiger partial charge in [-0.3, -0.25) is 0 Å². The second kappa shape index (κ2) is 6.87. The van der Waals surface area contributed by atoms with Crippen LogP contribution in [0.15, 0.2) is 10.6 Å². The van der Waals surface area contributed by atoms with Gasteiger partial charge in [0.2, 0.25) is 0 Å². The predicted octanol–water partition coefficient (Wildman–Crippen LogP) is 1.25. The summed E-state index contributed by atoms with van der Waals surface area (Å²) < 4.78 is 10.2. The molecule has 0 radical (unpaired) electrons. The molecule has 1 N–H and O–H groups in total. The van der Waals surface area contributed by atoms with Crippen LogP contribution in [-0.2, 0) is 17.9 Å². The molecular weight excluding hydrogens is 230 g/mol. The van der Waals surface area contributed by atoms with Crippen LogP contribution < -0.4 is 5.32 Å². The van der Waals surface area contributed by atoms with Gasteiger partial charge in [0, 0.05) is 26.3 Å². The quantitative estimate of drug-likeness (QED) is 0.827. The lowest BCUT2D eigenvalue weighted by Crippen LogP contribution is -2.36. The van der Waals surface area contributed by atoms with Gasteiger partial charge in [-0.25, -0.2) is 0 Å². The Morgan fingerprint density at radius 3 is 3.22 bits per heavy atom. The van der Waals surface area contributed by atoms with E-state index in [1.54, 1.807) is 7.11 Å². The number of rotatable bonds is 6. The maximum absolute atomic E-state index is 5.18. The second-order valence-electron chi connectivity index (χ2n) is 5.13. The lowest BCUT2D eigenvalue weighted by Gasteiger charge is -2.27. The highest BCUT2D eigenvalue weighted by Crippen LogP contribution is 2.13. The lowest BCUT2D eigenvalue weighted by atomic mass is 9.99. The van der Waals surface area contributed by atoms with Crippen molar-refractivity contribution >= 4 is 0 Å². The van der Waals surface area contributed by atoms with Crippen molar-refractivity contribution in [3.05, 3.63) is 17.5 Å². The van der Waals surface area contributed by atoms with Crippen LogP contribution in [0, 0.1) is 5.92 Å². The van der Waals surface area contributed by atoms with E-state index in [1.165, 1.54) is 19.4 Å². The summed E-state index contributed by atoms with van der Waals surface area (Å²) in [6.45, 7) is 4.74. The van der Waals surface area contributed by atoms with Gasteiger partial charge in [-0.15, -0.1) is 0 Å². The van der Waals surface area contributed by atoms with Gasteiger partial charge in [0.15, 0.2) is 5.76 Å². The van der Waals surface area contributed by atoms with E-state index in [4.69, 9.17) is 9.26 Å². The van der Waals surface area contributed by atoms with Crippen LogP contribution >= 0.6 is 0 Å². The minimum Gasteiger partial charge on any atom is -0.377 e. The fourth-order valence-corrected chi connectivity index (χ4v) is 2.50. The summed E-state index contributed by atoms with van der Waals surface area (Å²) >= 11 is 0. The number of methoxy groups -OCH3 is 1. The Kier molecular flexibility index (Phi) is 5.16. The van der Waals surface area contributed by atoms with Crippen molar-refractivity contribution in [2.45, 2.75) is 26.0 Å². The maximum atomic E-state index is 5.18. The summed E-state index contributed by atoms with van der Waals surface area (Å²) in [5, 5.41) is 7.50. The Morgan fingerprint density at radius 2 is 2.50 bits per heavy atom. The van der Waals surface area contributed by atoms with E-state index in [1.807, 2.05) is 6.07 Å². The summed E-state index contributed by atoms with van der Waals surface area (Å²) in [6, 6.07) is 1.97. The molecule has 18 heavy (non-hydrogen) atoms. The number of nitrogens with zero attached hydrogens (tertiary/aromatic N) is 2. The first-order valence-electron chi connectivity index (χ1n) is 6.60. The molecular formula is C13H23N3O2. The zero-order valence-corrected chi connectivity index (χ0v) is 11.3. The highest BCUT2D eigenvalue weighted by Gasteiger charge is 2.16. The molecule has 2 rings (SSSR count). The minimum atomic E-state index is 0.489. The number of nitrogens with one attached hydrogen (secondary N) is 1. The fourth-order valence-electron chi connectivity index (χ4n) is 2.50. The summed E-state index contributed by atoms with van der Waals surface area (Å²) in [5.41, 5.74) is 0.980. The van der Waals surface area contributed by atoms with E-state index in [0.29, 0.717) is 6.61 Å². The Bertz CT molecular complexity index is 348. The average Bonchev–Trinajstić information content (AvgIpc) is 2.78. The van der Waals surface area contributed by atoms with Crippen molar-refractivity contribution in [1.29, 1.82) is 0 Å². The van der Waals surface area contributed by atoms with Crippen molar-refractivity contribution < 1.29 is 9.26 Å². The second-order valence-corrected chi connectivity index (χ2v) is 5.13. The van der Waals surface area contributed by atoms with Gasteiger partial charge >= 0.3 is 0 Å². The van der Waals surface area contributed by atoms with Gasteiger partial charge in [-0.2, -0.15) is 0 Å². The molecule has 0 amide bonds. The normalized spacial score (nSPS) is 20.5. The first kappa shape index (κ1) is 13.5. The van der Waals surface area contributed by atoms with Crippen LogP contribution in [-0.4, -0.2) is 43.8 Å². The SMILES string of the molecule is COCc1cc(CN(C)CC2CCCNC2)no1. The van der Waals surface area contributed by atoms with Gasteiger partial charge in [-0.1, -0.05) is 5.16 Å². The van der Waals surface area contributed by atoms with Crippen LogP contribution in [0.25, 0.3) is 0 Å². The van der Waals surface area contributed by atoms with E-state index >= 15 is 0 Å². The van der Waals surface area contributed by atoms with E-state index in [9.17, 15) is 0 Å². The van der Waals surface area contributed by atoms with Crippen molar-refractivity contribution in [3.63, 3.8) is 0 Å². The molecule has 102 valence electrons. The molecule has 1 aromatic rings. The first-order chi connectivity index (χ1) is 8.78. The maximum Gasteiger partial charge on any atom is 0.162 e. The van der Waals surface area contributed by atoms with Crippen molar-refractivity contribution in [2.24, 2.45) is 5.92 Å². The summed E-state index contributed by atoms with van der Waals surface area (Å²) in [7, 11) is 3.80. The first-order valence-corrected chi connectivity index (χ1v) is 6.60. The van der Waals surface area contributed by atoms with Gasteiger partial charge in [0.1, 0.15) is 6.61 Å². The van der Waals surface area contributed by atoms with Crippen LogP contribution in [0.5, 0.6) is 0 Å². The molecule has 1 aliphatic heterocycles. The van der Waals surface area contributed by atoms with E-state index in [-0.39, 0.29) is 0 Å². The molecule has 2 heterocycles. The number of aromatic nitrogens is 1. The Morgan fingerprint density at radius 1 is 1.61 bits per heavy atom. The topological polar surface area (TPSA) is 50.5 Å². The molecule has 0 spiro atoms. The number of piperidine rings is 1. The third-order valence-electron chi connectivity index (χ3n) is 3.30. The third-order valence-corrected chi connectivity index (χ3v) is 3.30. The average molecular weight is 253 g/mol. The fraction of sp³-hybridized carbons (Fsp3) is 0.769. The molecule has 1 saturated heterocycles. The minimum absolute atomic E-state index is 0.489. The highest BCUT2D eigenvalue weighted by molar-refractivity contribution is 5.04. The van der Waals surface area contributed by atoms with Crippen molar-refractivity contribution in [1.82, 2.24) is 15.4 Å². The van der Waals surface area contributed by atoms with Crippen LogP contribution in [0.4, 0.5) is 0 Å². The molecule has 0 saturated carbocycles.